The lowest BCUT2D eigenvalue weighted by Gasteiger charge is -2.34. The third kappa shape index (κ3) is 6.43. The molecule has 0 spiro atoms. The van der Waals surface area contributed by atoms with Gasteiger partial charge in [-0.25, -0.2) is 4.31 Å². The normalized spacial score (nSPS) is 36.0. The summed E-state index contributed by atoms with van der Waals surface area (Å²) < 4.78 is 44.4. The molecule has 0 amide bonds. The number of hydrogen-bond donors (Lipinski definition) is 2. The number of aliphatic hydroxyl groups is 1. The molecule has 0 aromatic rings. The van der Waals surface area contributed by atoms with Gasteiger partial charge in [-0.05, 0) is 6.92 Å². The molecule has 1 rings (SSSR count). The van der Waals surface area contributed by atoms with E-state index in [0.29, 0.717) is 0 Å². The van der Waals surface area contributed by atoms with Gasteiger partial charge < -0.3 is 34.0 Å². The fourth-order valence-electron chi connectivity index (χ4n) is 1.65. The van der Waals surface area contributed by atoms with Gasteiger partial charge in [0.25, 0.3) is 15.6 Å². The maximum Gasteiger partial charge on any atom is 0.279 e. The van der Waals surface area contributed by atoms with E-state index in [1.807, 2.05) is 0 Å². The first-order valence-corrected chi connectivity index (χ1v) is 9.89. The van der Waals surface area contributed by atoms with Crippen LogP contribution in [0.2, 0.25) is 0 Å². The number of phosphoric acid groups is 2. The van der Waals surface area contributed by atoms with Crippen LogP contribution in [-0.2, 0) is 27.1 Å². The van der Waals surface area contributed by atoms with Crippen molar-refractivity contribution in [1.82, 2.24) is 0 Å². The first-order chi connectivity index (χ1) is 8.80. The van der Waals surface area contributed by atoms with Gasteiger partial charge >= 0.3 is 0 Å². The lowest BCUT2D eigenvalue weighted by atomic mass is 10.2. The van der Waals surface area contributed by atoms with Crippen molar-refractivity contribution in [3.63, 3.8) is 0 Å². The van der Waals surface area contributed by atoms with Gasteiger partial charge in [0.1, 0.15) is 7.60 Å². The highest BCUT2D eigenvalue weighted by Gasteiger charge is 2.35. The minimum Gasteiger partial charge on any atom is -0.778 e. The van der Waals surface area contributed by atoms with Crippen LogP contribution in [-0.4, -0.2) is 34.5 Å². The summed E-state index contributed by atoms with van der Waals surface area (Å²) in [5.74, 6) is 0. The van der Waals surface area contributed by atoms with E-state index in [2.05, 4.69) is 8.62 Å². The molecule has 1 heterocycles. The van der Waals surface area contributed by atoms with Crippen molar-refractivity contribution < 1.29 is 51.7 Å². The fourth-order valence-corrected chi connectivity index (χ4v) is 5.30. The summed E-state index contributed by atoms with van der Waals surface area (Å²) in [4.78, 5) is 40.8. The van der Waals surface area contributed by atoms with Gasteiger partial charge in [0, 0.05) is 12.6 Å². The summed E-state index contributed by atoms with van der Waals surface area (Å²) in [5.41, 5.74) is 0. The molecule has 0 aromatic heterocycles. The molecule has 0 saturated carbocycles. The average molecular weight is 353 g/mol. The highest BCUT2D eigenvalue weighted by molar-refractivity contribution is 7.66. The monoisotopic (exact) mass is 353 g/mol. The molecule has 1 aliphatic heterocycles. The Hall–Kier alpha value is 0.370. The van der Waals surface area contributed by atoms with Gasteiger partial charge in [0.05, 0.1) is 18.3 Å². The molecule has 11 nitrogen and oxygen atoms in total. The predicted molar refractivity (Wildman–Crippen MR) is 57.0 cm³/mol. The lowest BCUT2D eigenvalue weighted by molar-refractivity contribution is -0.242. The van der Waals surface area contributed by atoms with Crippen LogP contribution in [0.4, 0.5) is 0 Å². The summed E-state index contributed by atoms with van der Waals surface area (Å²) in [6, 6.07) is 0. The third-order valence-corrected chi connectivity index (χ3v) is 6.47. The standard InChI is InChI=1S/C6H15O11P3/c1-4-2-5(7)6(15-4)3-18(8,9)16-20(13,14)17-19(10,11)12/h4-7H,2-3H2,1H3,(H,8,9)(H,13,14)(H2,10,11,12)/p-3/t4-,5?,6+/m0/s1. The summed E-state index contributed by atoms with van der Waals surface area (Å²) >= 11 is 0. The van der Waals surface area contributed by atoms with Crippen LogP contribution in [0.25, 0.3) is 0 Å². The molecule has 1 aliphatic rings. The molecule has 0 radical (unpaired) electrons. The molecular weight excluding hydrogens is 341 g/mol. The highest BCUT2D eigenvalue weighted by atomic mass is 31.3. The summed E-state index contributed by atoms with van der Waals surface area (Å²) in [6.45, 7) is 1.57. The topological polar surface area (TPSA) is 189 Å². The van der Waals surface area contributed by atoms with Gasteiger partial charge in [-0.2, -0.15) is 0 Å². The summed E-state index contributed by atoms with van der Waals surface area (Å²) in [7, 11) is -16.7. The largest absolute Gasteiger partial charge is 0.778 e. The van der Waals surface area contributed by atoms with E-state index >= 15 is 0 Å². The lowest BCUT2D eigenvalue weighted by Crippen LogP contribution is -2.28. The van der Waals surface area contributed by atoms with Crippen LogP contribution in [0.3, 0.4) is 0 Å². The van der Waals surface area contributed by atoms with E-state index in [1.165, 1.54) is 0 Å². The van der Waals surface area contributed by atoms with E-state index in [4.69, 9.17) is 9.63 Å². The minimum absolute atomic E-state index is 0.155. The number of rotatable bonds is 6. The van der Waals surface area contributed by atoms with Crippen molar-refractivity contribution in [2.45, 2.75) is 31.7 Å². The molecule has 4 unspecified atom stereocenters. The van der Waals surface area contributed by atoms with Gasteiger partial charge in [-0.1, -0.05) is 0 Å². The van der Waals surface area contributed by atoms with Gasteiger partial charge in [0.15, 0.2) is 0 Å². The van der Waals surface area contributed by atoms with E-state index in [-0.39, 0.29) is 6.42 Å². The Labute approximate surface area is 113 Å². The zero-order chi connectivity index (χ0) is 15.8. The third-order valence-electron chi connectivity index (χ3n) is 2.24. The van der Waals surface area contributed by atoms with Crippen molar-refractivity contribution in [1.29, 1.82) is 0 Å². The number of aliphatic hydroxyl groups excluding tert-OH is 1. The van der Waals surface area contributed by atoms with E-state index in [0.717, 1.165) is 0 Å². The van der Waals surface area contributed by atoms with Gasteiger partial charge in [0.2, 0.25) is 0 Å². The van der Waals surface area contributed by atoms with Crippen LogP contribution < -0.4 is 14.7 Å². The van der Waals surface area contributed by atoms with E-state index in [1.54, 1.807) is 6.92 Å². The van der Waals surface area contributed by atoms with Crippen LogP contribution in [0.15, 0.2) is 0 Å². The molecular formula is C6H12O11P3-3. The van der Waals surface area contributed by atoms with E-state index < -0.39 is 47.7 Å². The smallest absolute Gasteiger partial charge is 0.279 e. The Morgan fingerprint density at radius 3 is 2.20 bits per heavy atom. The average Bonchev–Trinajstić information content (AvgIpc) is 2.36. The first-order valence-electron chi connectivity index (χ1n) is 5.21. The SMILES string of the molecule is C[C@H]1CC(O)[C@@H](CP(=O)([O-])OP(=O)([O-])OP(=O)([O-])O)O1. The predicted octanol–water partition coefficient (Wildman–Crippen LogP) is -1.96. The number of hydrogen-bond acceptors (Lipinski definition) is 10. The fraction of sp³-hybridized carbons (Fsp3) is 1.00. The summed E-state index contributed by atoms with van der Waals surface area (Å²) in [5, 5.41) is 9.45. The molecule has 14 heteroatoms. The zero-order valence-electron chi connectivity index (χ0n) is 10.1. The van der Waals surface area contributed by atoms with Crippen molar-refractivity contribution in [3.05, 3.63) is 0 Å². The second kappa shape index (κ2) is 6.24. The van der Waals surface area contributed by atoms with Crippen molar-refractivity contribution in [3.8, 4) is 0 Å². The Morgan fingerprint density at radius 2 is 1.80 bits per heavy atom. The van der Waals surface area contributed by atoms with Crippen molar-refractivity contribution in [2.24, 2.45) is 0 Å². The summed E-state index contributed by atoms with van der Waals surface area (Å²) in [6.07, 6.45) is -3.61. The van der Waals surface area contributed by atoms with Crippen LogP contribution in [0, 0.1) is 0 Å². The van der Waals surface area contributed by atoms with Gasteiger partial charge in [-0.3, -0.25) is 13.4 Å². The van der Waals surface area contributed by atoms with Gasteiger partial charge in [-0.15, -0.1) is 0 Å². The molecule has 0 aliphatic carbocycles. The second-order valence-corrected chi connectivity index (χ2v) is 8.89. The Balaban J connectivity index is 2.68. The molecule has 1 saturated heterocycles. The minimum atomic E-state index is -5.82. The first kappa shape index (κ1) is 18.4. The van der Waals surface area contributed by atoms with E-state index in [9.17, 15) is 33.5 Å². The van der Waals surface area contributed by atoms with Crippen LogP contribution in [0.5, 0.6) is 0 Å². The molecule has 2 N–H and O–H groups in total. The molecule has 20 heavy (non-hydrogen) atoms. The van der Waals surface area contributed by atoms with Crippen LogP contribution >= 0.6 is 23.2 Å². The Morgan fingerprint density at radius 1 is 1.25 bits per heavy atom. The Bertz CT molecular complexity index is 485. The molecule has 0 bridgehead atoms. The Kier molecular flexibility index (Phi) is 5.75. The number of ether oxygens (including phenoxy) is 1. The second-order valence-electron chi connectivity index (χ2n) is 4.16. The molecule has 6 atom stereocenters. The zero-order valence-corrected chi connectivity index (χ0v) is 12.7. The highest BCUT2D eigenvalue weighted by Crippen LogP contribution is 2.61. The quantitative estimate of drug-likeness (QED) is 0.504. The molecule has 0 aromatic carbocycles. The maximum atomic E-state index is 11.4. The molecule has 120 valence electrons. The van der Waals surface area contributed by atoms with Crippen molar-refractivity contribution >= 4 is 23.2 Å². The maximum absolute atomic E-state index is 11.4. The van der Waals surface area contributed by atoms with Crippen LogP contribution in [0.1, 0.15) is 13.3 Å². The molecule has 1 fully saturated rings. The van der Waals surface area contributed by atoms with Crippen molar-refractivity contribution in [2.75, 3.05) is 6.16 Å².